The Morgan fingerprint density at radius 2 is 1.89 bits per heavy atom. The van der Waals surface area contributed by atoms with Gasteiger partial charge in [-0.1, -0.05) is 41.7 Å². The Balaban J connectivity index is 1.67. The first-order chi connectivity index (χ1) is 22.1. The molecular weight excluding hydrogens is 717 g/mol. The van der Waals surface area contributed by atoms with E-state index in [1.165, 1.54) is 11.3 Å². The number of aromatic nitrogens is 1. The molecule has 0 saturated heterocycles. The number of nitrogens with zero attached hydrogens (tertiary/aromatic N) is 3. The van der Waals surface area contributed by atoms with Gasteiger partial charge in [0.1, 0.15) is 18.4 Å². The Hall–Kier alpha value is -4.41. The number of thiazole rings is 1. The highest BCUT2D eigenvalue weighted by atomic mass is 127. The van der Waals surface area contributed by atoms with Crippen molar-refractivity contribution < 1.29 is 23.7 Å². The van der Waals surface area contributed by atoms with Gasteiger partial charge in [0, 0.05) is 14.7 Å². The normalized spacial score (nSPS) is 14.4. The summed E-state index contributed by atoms with van der Waals surface area (Å²) in [5, 5.41) is 9.13. The largest absolute Gasteiger partial charge is 0.493 e. The summed E-state index contributed by atoms with van der Waals surface area (Å²) in [6, 6.07) is 19.6. The average molecular weight is 750 g/mol. The SMILES string of the molecule is CCOC(=O)C1=C(C)N=c2s/c(=C\c3cc(I)cc(OC)c3OCc3ccc(C#N)cc3)c(=O)n2[C@H]1c1ccccc1OC(C)C. The van der Waals surface area contributed by atoms with Crippen molar-refractivity contribution in [1.29, 1.82) is 5.26 Å². The molecule has 0 unspecified atom stereocenters. The first-order valence-corrected chi connectivity index (χ1v) is 16.5. The second-order valence-corrected chi connectivity index (χ2v) is 12.9. The highest BCUT2D eigenvalue weighted by Crippen LogP contribution is 2.37. The summed E-state index contributed by atoms with van der Waals surface area (Å²) >= 11 is 3.42. The van der Waals surface area contributed by atoms with Crippen LogP contribution >= 0.6 is 33.9 Å². The molecule has 46 heavy (non-hydrogen) atoms. The van der Waals surface area contributed by atoms with Gasteiger partial charge >= 0.3 is 5.97 Å². The summed E-state index contributed by atoms with van der Waals surface area (Å²) in [5.74, 6) is 1.00. The molecule has 0 radical (unpaired) electrons. The second-order valence-electron chi connectivity index (χ2n) is 10.6. The Morgan fingerprint density at radius 3 is 2.57 bits per heavy atom. The molecule has 0 spiro atoms. The number of hydrogen-bond donors (Lipinski definition) is 0. The predicted octanol–water partition coefficient (Wildman–Crippen LogP) is 5.65. The molecule has 9 nitrogen and oxygen atoms in total. The quantitative estimate of drug-likeness (QED) is 0.152. The molecule has 11 heteroatoms. The molecule has 1 aliphatic heterocycles. The van der Waals surface area contributed by atoms with E-state index >= 15 is 0 Å². The first kappa shape index (κ1) is 33.0. The summed E-state index contributed by atoms with van der Waals surface area (Å²) in [5.41, 5.74) is 3.16. The van der Waals surface area contributed by atoms with Crippen LogP contribution in [0.4, 0.5) is 0 Å². The minimum atomic E-state index is -0.815. The lowest BCUT2D eigenvalue weighted by atomic mass is 9.95. The van der Waals surface area contributed by atoms with E-state index in [9.17, 15) is 9.59 Å². The van der Waals surface area contributed by atoms with E-state index in [0.717, 1.165) is 9.13 Å². The summed E-state index contributed by atoms with van der Waals surface area (Å²) in [4.78, 5) is 32.8. The molecular formula is C35H32IN3O6S. The lowest BCUT2D eigenvalue weighted by Crippen LogP contribution is -2.40. The highest BCUT2D eigenvalue weighted by molar-refractivity contribution is 14.1. The molecule has 4 aromatic rings. The zero-order chi connectivity index (χ0) is 33.0. The van der Waals surface area contributed by atoms with Gasteiger partial charge in [-0.05, 0) is 92.3 Å². The number of allylic oxidation sites excluding steroid dienone is 1. The van der Waals surface area contributed by atoms with Crippen LogP contribution in [0.3, 0.4) is 0 Å². The fourth-order valence-corrected chi connectivity index (χ4v) is 6.78. The highest BCUT2D eigenvalue weighted by Gasteiger charge is 2.35. The van der Waals surface area contributed by atoms with Crippen LogP contribution in [-0.4, -0.2) is 30.4 Å². The summed E-state index contributed by atoms with van der Waals surface area (Å²) in [6.07, 6.45) is 1.63. The van der Waals surface area contributed by atoms with Crippen molar-refractivity contribution in [2.75, 3.05) is 13.7 Å². The third kappa shape index (κ3) is 6.88. The van der Waals surface area contributed by atoms with Crippen molar-refractivity contribution in [1.82, 2.24) is 4.57 Å². The number of esters is 1. The zero-order valence-electron chi connectivity index (χ0n) is 26.0. The van der Waals surface area contributed by atoms with Crippen molar-refractivity contribution in [3.05, 3.63) is 117 Å². The minimum Gasteiger partial charge on any atom is -0.493 e. The van der Waals surface area contributed by atoms with Crippen LogP contribution in [0.25, 0.3) is 6.08 Å². The monoisotopic (exact) mass is 749 g/mol. The molecule has 1 aromatic heterocycles. The molecule has 236 valence electrons. The van der Waals surface area contributed by atoms with Crippen LogP contribution in [-0.2, 0) is 16.1 Å². The maximum atomic E-state index is 14.3. The smallest absolute Gasteiger partial charge is 0.338 e. The molecule has 0 bridgehead atoms. The minimum absolute atomic E-state index is 0.133. The van der Waals surface area contributed by atoms with Crippen molar-refractivity contribution in [2.24, 2.45) is 4.99 Å². The van der Waals surface area contributed by atoms with Crippen molar-refractivity contribution in [3.8, 4) is 23.3 Å². The van der Waals surface area contributed by atoms with Crippen LogP contribution in [0.5, 0.6) is 17.2 Å². The molecule has 5 rings (SSSR count). The van der Waals surface area contributed by atoms with Gasteiger partial charge in [-0.2, -0.15) is 5.26 Å². The molecule has 0 saturated carbocycles. The average Bonchev–Trinajstić information content (AvgIpc) is 3.33. The molecule has 1 atom stereocenters. The second kappa shape index (κ2) is 14.3. The van der Waals surface area contributed by atoms with Gasteiger partial charge in [0.25, 0.3) is 5.56 Å². The Kier molecular flexibility index (Phi) is 10.3. The number of fused-ring (bicyclic) bond motifs is 1. The van der Waals surface area contributed by atoms with E-state index in [-0.39, 0.29) is 30.5 Å². The number of carbonyl (C=O) groups excluding carboxylic acids is 1. The number of rotatable bonds is 10. The summed E-state index contributed by atoms with van der Waals surface area (Å²) in [6.45, 7) is 7.74. The van der Waals surface area contributed by atoms with E-state index in [4.69, 9.17) is 29.2 Å². The number of benzene rings is 3. The number of carbonyl (C=O) groups is 1. The van der Waals surface area contributed by atoms with Crippen LogP contribution in [0.2, 0.25) is 0 Å². The fourth-order valence-electron chi connectivity index (χ4n) is 5.13. The number of halogens is 1. The molecule has 1 aliphatic rings. The Labute approximate surface area is 284 Å². The number of methoxy groups -OCH3 is 1. The van der Waals surface area contributed by atoms with E-state index in [1.807, 2.05) is 62.4 Å². The van der Waals surface area contributed by atoms with Gasteiger partial charge in [0.2, 0.25) is 0 Å². The maximum absolute atomic E-state index is 14.3. The van der Waals surface area contributed by atoms with Gasteiger partial charge in [-0.3, -0.25) is 9.36 Å². The number of hydrogen-bond acceptors (Lipinski definition) is 9. The lowest BCUT2D eigenvalue weighted by molar-refractivity contribution is -0.139. The molecule has 0 N–H and O–H groups in total. The van der Waals surface area contributed by atoms with Crippen LogP contribution in [0, 0.1) is 14.9 Å². The zero-order valence-corrected chi connectivity index (χ0v) is 29.0. The van der Waals surface area contributed by atoms with E-state index in [2.05, 4.69) is 28.7 Å². The third-order valence-electron chi connectivity index (χ3n) is 7.11. The number of nitriles is 1. The standard InChI is InChI=1S/C35H32IN3O6S/c1-6-43-34(41)30-21(4)38-35-39(31(30)26-9-7-8-10-27(26)45-20(2)3)33(40)29(46-35)16-24-15-25(36)17-28(42-5)32(24)44-19-23-13-11-22(18-37)12-14-23/h7-17,20,31H,6,19H2,1-5H3/b29-16-/t31-/m0/s1. The van der Waals surface area contributed by atoms with E-state index in [1.54, 1.807) is 43.7 Å². The van der Waals surface area contributed by atoms with Crippen LogP contribution in [0.15, 0.2) is 81.7 Å². The van der Waals surface area contributed by atoms with Crippen molar-refractivity contribution >= 4 is 46.0 Å². The summed E-state index contributed by atoms with van der Waals surface area (Å²) in [7, 11) is 1.56. The van der Waals surface area contributed by atoms with Crippen molar-refractivity contribution in [3.63, 3.8) is 0 Å². The molecule has 2 heterocycles. The van der Waals surface area contributed by atoms with Gasteiger partial charge in [-0.15, -0.1) is 0 Å². The molecule has 3 aromatic carbocycles. The maximum Gasteiger partial charge on any atom is 0.338 e. The Morgan fingerprint density at radius 1 is 1.15 bits per heavy atom. The number of para-hydroxylation sites is 1. The lowest BCUT2D eigenvalue weighted by Gasteiger charge is -2.26. The van der Waals surface area contributed by atoms with Crippen LogP contribution < -0.4 is 29.1 Å². The summed E-state index contributed by atoms with van der Waals surface area (Å²) < 4.78 is 26.4. The van der Waals surface area contributed by atoms with Crippen LogP contribution in [0.1, 0.15) is 56.0 Å². The third-order valence-corrected chi connectivity index (χ3v) is 8.72. The van der Waals surface area contributed by atoms with Gasteiger partial charge < -0.3 is 18.9 Å². The number of ether oxygens (including phenoxy) is 4. The molecule has 0 aliphatic carbocycles. The van der Waals surface area contributed by atoms with Crippen molar-refractivity contribution in [2.45, 2.75) is 46.4 Å². The first-order valence-electron chi connectivity index (χ1n) is 14.6. The van der Waals surface area contributed by atoms with E-state index < -0.39 is 12.0 Å². The predicted molar refractivity (Wildman–Crippen MR) is 184 cm³/mol. The molecule has 0 fully saturated rings. The van der Waals surface area contributed by atoms with E-state index in [0.29, 0.717) is 49.0 Å². The van der Waals surface area contributed by atoms with Gasteiger partial charge in [-0.25, -0.2) is 9.79 Å². The fraction of sp³-hybridized carbons (Fsp3) is 0.257. The van der Waals surface area contributed by atoms with Gasteiger partial charge in [0.15, 0.2) is 16.3 Å². The van der Waals surface area contributed by atoms with Gasteiger partial charge in [0.05, 0.1) is 47.3 Å². The topological polar surface area (TPSA) is 112 Å². The molecule has 0 amide bonds. The Bertz CT molecular complexity index is 2040.